The molecule has 4 fully saturated rings. The minimum absolute atomic E-state index is 0.0138. The van der Waals surface area contributed by atoms with Crippen LogP contribution in [0.2, 0.25) is 0 Å². The van der Waals surface area contributed by atoms with Gasteiger partial charge in [0, 0.05) is 23.5 Å². The molecule has 0 heterocycles. The lowest BCUT2D eigenvalue weighted by Gasteiger charge is -2.69. The van der Waals surface area contributed by atoms with E-state index in [1.807, 2.05) is 13.8 Å². The molecule has 0 bridgehead atoms. The predicted molar refractivity (Wildman–Crippen MR) is 157 cm³/mol. The van der Waals surface area contributed by atoms with Crippen LogP contribution in [0, 0.1) is 39.9 Å². The van der Waals surface area contributed by atoms with Crippen LogP contribution < -0.4 is 0 Å². The molecule has 222 valence electrons. The van der Waals surface area contributed by atoms with Gasteiger partial charge < -0.3 is 14.9 Å². The number of carbonyl (C=O) groups is 2. The number of aliphatic hydroxyl groups excluding tert-OH is 1. The second-order valence-corrected chi connectivity index (χ2v) is 14.9. The van der Waals surface area contributed by atoms with Gasteiger partial charge >= 0.3 is 11.9 Å². The number of carbonyl (C=O) groups excluding carboxylic acids is 1. The van der Waals surface area contributed by atoms with Gasteiger partial charge in [0.05, 0.1) is 6.10 Å². The Balaban J connectivity index is 1.81. The summed E-state index contributed by atoms with van der Waals surface area (Å²) in [5.41, 5.74) is 10.5. The van der Waals surface area contributed by atoms with Crippen molar-refractivity contribution < 1.29 is 24.5 Å². The number of aliphatic carboxylic acids is 1. The first-order chi connectivity index (χ1) is 18.6. The van der Waals surface area contributed by atoms with E-state index in [4.69, 9.17) is 10.3 Å². The van der Waals surface area contributed by atoms with Crippen molar-refractivity contribution in [1.29, 1.82) is 0 Å². The van der Waals surface area contributed by atoms with Crippen LogP contribution in [-0.2, 0) is 14.3 Å². The molecule has 0 spiro atoms. The van der Waals surface area contributed by atoms with Gasteiger partial charge in [-0.05, 0) is 121 Å². The van der Waals surface area contributed by atoms with Gasteiger partial charge in [0.15, 0.2) is 0 Å². The number of halogens is 1. The fraction of sp³-hybridized carbons (Fsp3) is 0.806. The molecule has 0 amide bonds. The van der Waals surface area contributed by atoms with Crippen molar-refractivity contribution in [3.8, 4) is 0 Å². The molecule has 8 nitrogen and oxygen atoms in total. The average Bonchev–Trinajstić information content (AvgIpc) is 3.12. The number of allylic oxidation sites excluding steroid dienone is 2. The van der Waals surface area contributed by atoms with E-state index in [1.54, 1.807) is 0 Å². The molecular weight excluding hydrogens is 574 g/mol. The summed E-state index contributed by atoms with van der Waals surface area (Å²) < 4.78 is 6.88. The Bertz CT molecular complexity index is 1170. The van der Waals surface area contributed by atoms with Crippen molar-refractivity contribution in [3.63, 3.8) is 0 Å². The normalized spacial score (nSPS) is 43.4. The maximum absolute atomic E-state index is 12.8. The van der Waals surface area contributed by atoms with Gasteiger partial charge in [-0.25, -0.2) is 4.79 Å². The first kappa shape index (κ1) is 31.1. The number of hydrogen-bond donors (Lipinski definition) is 2. The summed E-state index contributed by atoms with van der Waals surface area (Å²) >= 11 is 3.60. The van der Waals surface area contributed by atoms with E-state index in [-0.39, 0.29) is 40.0 Å². The Morgan fingerprint density at radius 2 is 1.80 bits per heavy atom. The van der Waals surface area contributed by atoms with Crippen molar-refractivity contribution in [2.75, 3.05) is 0 Å². The number of esters is 1. The van der Waals surface area contributed by atoms with Gasteiger partial charge in [-0.3, -0.25) is 4.79 Å². The highest BCUT2D eigenvalue weighted by Gasteiger charge is 2.70. The lowest BCUT2D eigenvalue weighted by Crippen LogP contribution is -2.65. The molecule has 0 radical (unpaired) electrons. The van der Waals surface area contributed by atoms with Gasteiger partial charge in [0.1, 0.15) is 6.10 Å². The molecular formula is C31H46BrN3O5. The van der Waals surface area contributed by atoms with E-state index >= 15 is 0 Å². The monoisotopic (exact) mass is 619 g/mol. The minimum atomic E-state index is -0.979. The van der Waals surface area contributed by atoms with Crippen molar-refractivity contribution >= 4 is 27.9 Å². The molecule has 4 rings (SSSR count). The molecule has 4 aliphatic carbocycles. The van der Waals surface area contributed by atoms with Crippen LogP contribution in [-0.4, -0.2) is 40.4 Å². The second-order valence-electron chi connectivity index (χ2n) is 13.9. The van der Waals surface area contributed by atoms with Crippen molar-refractivity contribution in [3.05, 3.63) is 31.6 Å². The van der Waals surface area contributed by atoms with Crippen LogP contribution in [0.25, 0.3) is 10.4 Å². The van der Waals surface area contributed by atoms with E-state index in [2.05, 4.69) is 53.7 Å². The van der Waals surface area contributed by atoms with Crippen LogP contribution in [0.1, 0.15) is 99.8 Å². The highest BCUT2D eigenvalue weighted by Crippen LogP contribution is 2.74. The number of aliphatic hydroxyl groups is 1. The zero-order chi connectivity index (χ0) is 29.8. The molecule has 0 saturated heterocycles. The highest BCUT2D eigenvalue weighted by molar-refractivity contribution is 9.11. The number of nitrogens with zero attached hydrogens (tertiary/aromatic N) is 3. The lowest BCUT2D eigenvalue weighted by molar-refractivity contribution is -0.226. The fourth-order valence-corrected chi connectivity index (χ4v) is 10.2. The van der Waals surface area contributed by atoms with E-state index in [0.29, 0.717) is 42.7 Å². The molecule has 0 aromatic heterocycles. The summed E-state index contributed by atoms with van der Waals surface area (Å²) in [7, 11) is 0. The summed E-state index contributed by atoms with van der Waals surface area (Å²) in [5.74, 6) is -1.00. The minimum Gasteiger partial charge on any atom is -0.478 e. The molecule has 0 aliphatic heterocycles. The maximum atomic E-state index is 12.8. The Hall–Kier alpha value is -1.83. The molecule has 9 heteroatoms. The molecule has 0 aromatic carbocycles. The van der Waals surface area contributed by atoms with E-state index < -0.39 is 24.1 Å². The highest BCUT2D eigenvalue weighted by atomic mass is 79.9. The van der Waals surface area contributed by atoms with E-state index in [9.17, 15) is 19.8 Å². The van der Waals surface area contributed by atoms with Gasteiger partial charge in [-0.1, -0.05) is 54.3 Å². The Morgan fingerprint density at radius 3 is 2.38 bits per heavy atom. The molecule has 4 saturated carbocycles. The van der Waals surface area contributed by atoms with Gasteiger partial charge in [0.2, 0.25) is 0 Å². The van der Waals surface area contributed by atoms with Crippen LogP contribution in [0.15, 0.2) is 26.3 Å². The van der Waals surface area contributed by atoms with Crippen LogP contribution >= 0.6 is 15.9 Å². The predicted octanol–water partition coefficient (Wildman–Crippen LogP) is 7.71. The maximum Gasteiger partial charge on any atom is 0.331 e. The average molecular weight is 621 g/mol. The Labute approximate surface area is 246 Å². The molecule has 10 atom stereocenters. The Kier molecular flexibility index (Phi) is 8.64. The van der Waals surface area contributed by atoms with Gasteiger partial charge in [-0.2, -0.15) is 0 Å². The summed E-state index contributed by atoms with van der Waals surface area (Å²) in [6, 6.07) is -0.0240. The number of hydrogen-bond acceptors (Lipinski definition) is 5. The van der Waals surface area contributed by atoms with E-state index in [0.717, 1.165) is 35.7 Å². The Morgan fingerprint density at radius 1 is 1.12 bits per heavy atom. The zero-order valence-corrected chi connectivity index (χ0v) is 26.6. The quantitative estimate of drug-likeness (QED) is 0.103. The molecule has 4 aliphatic rings. The number of fused-ring (bicyclic) bond motifs is 5. The summed E-state index contributed by atoms with van der Waals surface area (Å²) in [5, 5.41) is 26.6. The third kappa shape index (κ3) is 4.84. The number of azide groups is 1. The topological polar surface area (TPSA) is 133 Å². The standard InChI is InChI=1S/C31H46BrN3O5/c1-16(2)22(32)9-8-19(28(38)39)26-21-14-24(37)27-29(5)12-11-23(34-35-33)17(3)20(29)10-13-30(27,6)31(21,7)15-25(26)40-18(4)36/h17,20-21,23-25,27,37H,8-15H2,1-7H3,(H,38,39)/b26-19-/t17-,20?,21?,23+,24+,25-,27-,29-,30-,31-/m0/s1. The SMILES string of the molecule is CC(=O)O[C@H]1C[C@@]2(C)C(C[C@@H](O)[C@H]3[C@@]4(C)CC[C@@H](N=[N+]=[N-])[C@@H](C)C4CC[C@@]32C)/C1=C(\CCC(Br)=C(C)C)C(=O)O. The number of carboxylic acids is 1. The number of ether oxygens (including phenoxy) is 1. The molecule has 40 heavy (non-hydrogen) atoms. The third-order valence-corrected chi connectivity index (χ3v) is 13.1. The van der Waals surface area contributed by atoms with Crippen LogP contribution in [0.4, 0.5) is 0 Å². The molecule has 0 aromatic rings. The number of carboxylic acid groups (broad SMARTS) is 1. The summed E-state index contributed by atoms with van der Waals surface area (Å²) in [6.45, 7) is 14.4. The molecule has 2 unspecified atom stereocenters. The summed E-state index contributed by atoms with van der Waals surface area (Å²) in [6.07, 6.45) is 4.23. The van der Waals surface area contributed by atoms with Crippen molar-refractivity contribution in [2.45, 2.75) is 118 Å². The summed E-state index contributed by atoms with van der Waals surface area (Å²) in [4.78, 5) is 28.2. The fourth-order valence-electron chi connectivity index (χ4n) is 10.00. The third-order valence-electron chi connectivity index (χ3n) is 12.0. The number of rotatable bonds is 6. The first-order valence-corrected chi connectivity index (χ1v) is 15.6. The van der Waals surface area contributed by atoms with E-state index in [1.165, 1.54) is 6.92 Å². The van der Waals surface area contributed by atoms with Crippen molar-refractivity contribution in [1.82, 2.24) is 0 Å². The molecule has 2 N–H and O–H groups in total. The smallest absolute Gasteiger partial charge is 0.331 e. The largest absolute Gasteiger partial charge is 0.478 e. The lowest BCUT2D eigenvalue weighted by atomic mass is 9.36. The first-order valence-electron chi connectivity index (χ1n) is 14.8. The zero-order valence-electron chi connectivity index (χ0n) is 25.0. The van der Waals surface area contributed by atoms with Gasteiger partial charge in [0.25, 0.3) is 0 Å². The van der Waals surface area contributed by atoms with Crippen LogP contribution in [0.3, 0.4) is 0 Å². The van der Waals surface area contributed by atoms with Gasteiger partial charge in [-0.15, -0.1) is 0 Å². The van der Waals surface area contributed by atoms with Crippen molar-refractivity contribution in [2.24, 2.45) is 45.0 Å². The van der Waals surface area contributed by atoms with Crippen LogP contribution in [0.5, 0.6) is 0 Å². The second kappa shape index (κ2) is 11.1.